The number of fused-ring (bicyclic) bond motifs is 3. The first-order chi connectivity index (χ1) is 19.9. The Hall–Kier alpha value is -4.20. The maximum absolute atomic E-state index is 13.1. The van der Waals surface area contributed by atoms with E-state index in [9.17, 15) is 9.59 Å². The van der Waals surface area contributed by atoms with Gasteiger partial charge in [0.2, 0.25) is 5.91 Å². The van der Waals surface area contributed by atoms with Gasteiger partial charge >= 0.3 is 0 Å². The molecule has 208 valence electrons. The van der Waals surface area contributed by atoms with Crippen LogP contribution < -0.4 is 10.6 Å². The lowest BCUT2D eigenvalue weighted by molar-refractivity contribution is -0.114. The molecule has 2 amide bonds. The maximum Gasteiger partial charge on any atom is 0.287 e. The van der Waals surface area contributed by atoms with E-state index in [-0.39, 0.29) is 11.8 Å². The summed E-state index contributed by atoms with van der Waals surface area (Å²) < 4.78 is 6.11. The molecule has 3 heterocycles. The van der Waals surface area contributed by atoms with Crippen molar-refractivity contribution >= 4 is 50.8 Å². The number of carbonyl (C=O) groups is 2. The molecule has 6 rings (SSSR count). The third kappa shape index (κ3) is 5.97. The summed E-state index contributed by atoms with van der Waals surface area (Å²) in [5.41, 5.74) is 4.77. The molecule has 0 unspecified atom stereocenters. The Morgan fingerprint density at radius 2 is 1.80 bits per heavy atom. The molecule has 1 aliphatic heterocycles. The number of likely N-dealkylation sites (tertiary alicyclic amines) is 1. The van der Waals surface area contributed by atoms with Gasteiger partial charge in [-0.25, -0.2) is 4.98 Å². The van der Waals surface area contributed by atoms with E-state index in [1.165, 1.54) is 12.5 Å². The van der Waals surface area contributed by atoms with Gasteiger partial charge in [0.15, 0.2) is 5.76 Å². The first-order valence-electron chi connectivity index (χ1n) is 13.9. The number of rotatable bonds is 7. The molecule has 8 heteroatoms. The average Bonchev–Trinajstić information content (AvgIpc) is 3.42. The van der Waals surface area contributed by atoms with Gasteiger partial charge in [0.1, 0.15) is 10.7 Å². The monoisotopic (exact) mass is 566 g/mol. The number of hydrogen-bond acceptors (Lipinski definition) is 5. The molecule has 0 atom stereocenters. The van der Waals surface area contributed by atoms with E-state index in [2.05, 4.69) is 32.7 Å². The second-order valence-corrected chi connectivity index (χ2v) is 10.9. The number of halogens is 1. The predicted octanol–water partition coefficient (Wildman–Crippen LogP) is 6.87. The number of nitrogens with zero attached hydrogens (tertiary/aromatic N) is 2. The van der Waals surface area contributed by atoms with Crippen molar-refractivity contribution in [1.82, 2.24) is 15.2 Å². The molecule has 1 fully saturated rings. The van der Waals surface area contributed by atoms with Gasteiger partial charge in [0, 0.05) is 42.7 Å². The highest BCUT2D eigenvalue weighted by Crippen LogP contribution is 2.37. The fraction of sp³-hybridized carbons (Fsp3) is 0.242. The quantitative estimate of drug-likeness (QED) is 0.210. The molecule has 7 nitrogen and oxygen atoms in total. The van der Waals surface area contributed by atoms with E-state index >= 15 is 0 Å². The second-order valence-electron chi connectivity index (χ2n) is 10.5. The lowest BCUT2D eigenvalue weighted by Gasteiger charge is -2.32. The van der Waals surface area contributed by atoms with Gasteiger partial charge in [-0.15, -0.1) is 0 Å². The Kier molecular flexibility index (Phi) is 7.72. The number of hydrogen-bond donors (Lipinski definition) is 2. The summed E-state index contributed by atoms with van der Waals surface area (Å²) in [4.78, 5) is 30.9. The molecule has 1 aliphatic rings. The Balaban J connectivity index is 1.09. The van der Waals surface area contributed by atoms with Gasteiger partial charge in [0.25, 0.3) is 5.91 Å². The van der Waals surface area contributed by atoms with E-state index in [0.29, 0.717) is 29.0 Å². The number of benzene rings is 3. The van der Waals surface area contributed by atoms with Gasteiger partial charge < -0.3 is 20.0 Å². The van der Waals surface area contributed by atoms with Crippen LogP contribution in [0, 0.1) is 0 Å². The van der Waals surface area contributed by atoms with Crippen molar-refractivity contribution in [3.8, 4) is 11.1 Å². The van der Waals surface area contributed by atoms with Crippen LogP contribution in [0.4, 0.5) is 5.69 Å². The van der Waals surface area contributed by atoms with E-state index in [0.717, 1.165) is 65.4 Å². The topological polar surface area (TPSA) is 87.5 Å². The SMILES string of the molecule is CC(=O)Nc1cccc(C2CCN(CCNC(=O)c3cc4cc(-c5ccnc(Cl)c5)c5ccccc5c4o3)CC2)c1. The van der Waals surface area contributed by atoms with Crippen LogP contribution in [0.15, 0.2) is 83.4 Å². The Morgan fingerprint density at radius 1 is 1.00 bits per heavy atom. The largest absolute Gasteiger partial charge is 0.450 e. The standard InChI is InChI=1S/C33H31ClN4O3/c1-21(39)37-26-6-4-5-23(17-26)22-10-14-38(15-11-22)16-13-36-33(40)30-19-25-18-29(24-9-12-35-31(34)20-24)27-7-2-3-8-28(27)32(25)41-30/h2-9,12,17-20,22H,10-11,13-16H2,1H3,(H,36,40)(H,37,39). The fourth-order valence-electron chi connectivity index (χ4n) is 5.77. The van der Waals surface area contributed by atoms with Crippen LogP contribution >= 0.6 is 11.6 Å². The normalized spacial score (nSPS) is 14.4. The molecule has 1 saturated heterocycles. The fourth-order valence-corrected chi connectivity index (χ4v) is 5.94. The summed E-state index contributed by atoms with van der Waals surface area (Å²) in [6.07, 6.45) is 3.78. The van der Waals surface area contributed by atoms with Crippen molar-refractivity contribution < 1.29 is 14.0 Å². The van der Waals surface area contributed by atoms with Crippen LogP contribution in [0.25, 0.3) is 32.9 Å². The molecule has 2 N–H and O–H groups in total. The average molecular weight is 567 g/mol. The number of anilines is 1. The van der Waals surface area contributed by atoms with Crippen LogP contribution in [0.5, 0.6) is 0 Å². The van der Waals surface area contributed by atoms with Gasteiger partial charge in [-0.2, -0.15) is 0 Å². The van der Waals surface area contributed by atoms with Gasteiger partial charge in [-0.1, -0.05) is 48.0 Å². The molecule has 0 bridgehead atoms. The Labute approximate surface area is 243 Å². The van der Waals surface area contributed by atoms with Crippen LogP contribution in [-0.4, -0.2) is 47.9 Å². The zero-order valence-corrected chi connectivity index (χ0v) is 23.6. The van der Waals surface area contributed by atoms with Crippen LogP contribution in [0.1, 0.15) is 41.8 Å². The molecule has 41 heavy (non-hydrogen) atoms. The second kappa shape index (κ2) is 11.7. The number of pyridine rings is 1. The summed E-state index contributed by atoms with van der Waals surface area (Å²) >= 11 is 6.17. The summed E-state index contributed by atoms with van der Waals surface area (Å²) in [7, 11) is 0. The molecule has 0 aliphatic carbocycles. The molecular weight excluding hydrogens is 536 g/mol. The zero-order valence-electron chi connectivity index (χ0n) is 22.8. The van der Waals surface area contributed by atoms with Crippen LogP contribution in [0.2, 0.25) is 5.15 Å². The summed E-state index contributed by atoms with van der Waals surface area (Å²) in [5.74, 6) is 0.486. The minimum atomic E-state index is -0.219. The molecule has 2 aromatic heterocycles. The zero-order chi connectivity index (χ0) is 28.3. The third-order valence-electron chi connectivity index (χ3n) is 7.76. The number of amides is 2. The Morgan fingerprint density at radius 3 is 2.59 bits per heavy atom. The van der Waals surface area contributed by atoms with Crippen LogP contribution in [0.3, 0.4) is 0 Å². The Bertz CT molecular complexity index is 1740. The summed E-state index contributed by atoms with van der Waals surface area (Å²) in [6, 6.07) is 23.8. The molecular formula is C33H31ClN4O3. The van der Waals surface area contributed by atoms with E-state index in [1.54, 1.807) is 6.20 Å². The van der Waals surface area contributed by atoms with Crippen LogP contribution in [-0.2, 0) is 4.79 Å². The number of furan rings is 1. The molecule has 0 radical (unpaired) electrons. The van der Waals surface area contributed by atoms with Gasteiger partial charge in [-0.3, -0.25) is 9.59 Å². The van der Waals surface area contributed by atoms with Crippen molar-refractivity contribution in [1.29, 1.82) is 0 Å². The molecule has 5 aromatic rings. The van der Waals surface area contributed by atoms with E-state index < -0.39 is 0 Å². The highest BCUT2D eigenvalue weighted by molar-refractivity contribution is 6.29. The minimum Gasteiger partial charge on any atom is -0.450 e. The van der Waals surface area contributed by atoms with Crippen molar-refractivity contribution in [2.45, 2.75) is 25.7 Å². The van der Waals surface area contributed by atoms with E-state index in [4.69, 9.17) is 16.0 Å². The molecule has 3 aromatic carbocycles. The van der Waals surface area contributed by atoms with Crippen molar-refractivity contribution in [3.05, 3.63) is 95.5 Å². The number of carbonyl (C=O) groups excluding carboxylic acids is 2. The molecule has 0 spiro atoms. The predicted molar refractivity (Wildman–Crippen MR) is 163 cm³/mol. The number of aromatic nitrogens is 1. The van der Waals surface area contributed by atoms with Crippen molar-refractivity contribution in [3.63, 3.8) is 0 Å². The smallest absolute Gasteiger partial charge is 0.287 e. The highest BCUT2D eigenvalue weighted by Gasteiger charge is 2.22. The highest BCUT2D eigenvalue weighted by atomic mass is 35.5. The molecule has 0 saturated carbocycles. The lowest BCUT2D eigenvalue weighted by Crippen LogP contribution is -2.39. The van der Waals surface area contributed by atoms with Gasteiger partial charge in [0.05, 0.1) is 0 Å². The maximum atomic E-state index is 13.1. The first-order valence-corrected chi connectivity index (χ1v) is 14.3. The van der Waals surface area contributed by atoms with Crippen molar-refractivity contribution in [2.75, 3.05) is 31.5 Å². The van der Waals surface area contributed by atoms with Gasteiger partial charge in [-0.05, 0) is 90.3 Å². The number of piperidine rings is 1. The first kappa shape index (κ1) is 27.0. The van der Waals surface area contributed by atoms with E-state index in [1.807, 2.05) is 60.7 Å². The van der Waals surface area contributed by atoms with Crippen molar-refractivity contribution in [2.24, 2.45) is 0 Å². The minimum absolute atomic E-state index is 0.0601. The summed E-state index contributed by atoms with van der Waals surface area (Å²) in [6.45, 7) is 4.77. The summed E-state index contributed by atoms with van der Waals surface area (Å²) in [5, 5.41) is 9.16. The lowest BCUT2D eigenvalue weighted by atomic mass is 9.89. The number of nitrogens with one attached hydrogen (secondary N) is 2. The third-order valence-corrected chi connectivity index (χ3v) is 7.97.